The molecule has 1 atom stereocenters. The summed E-state index contributed by atoms with van der Waals surface area (Å²) in [6, 6.07) is 0. The Balaban J connectivity index is 1.87. The molecule has 0 saturated carbocycles. The molecule has 1 unspecified atom stereocenters. The Labute approximate surface area is 74.6 Å². The maximum absolute atomic E-state index is 5.49. The Kier molecular flexibility index (Phi) is 4.85. The van der Waals surface area contributed by atoms with Crippen LogP contribution in [0.25, 0.3) is 0 Å². The molecule has 0 N–H and O–H groups in total. The van der Waals surface area contributed by atoms with Crippen LogP contribution in [0.3, 0.4) is 0 Å². The van der Waals surface area contributed by atoms with E-state index in [1.54, 1.807) is 6.26 Å². The maximum Gasteiger partial charge on any atom is 0.0874 e. The van der Waals surface area contributed by atoms with Crippen LogP contribution in [0.2, 0.25) is 0 Å². The van der Waals surface area contributed by atoms with Gasteiger partial charge in [-0.2, -0.15) is 0 Å². The summed E-state index contributed by atoms with van der Waals surface area (Å²) in [6.45, 7) is 3.74. The van der Waals surface area contributed by atoms with Gasteiger partial charge in [0.2, 0.25) is 0 Å². The van der Waals surface area contributed by atoms with Crippen molar-refractivity contribution in [2.24, 2.45) is 0 Å². The Morgan fingerprint density at radius 3 is 3.17 bits per heavy atom. The summed E-state index contributed by atoms with van der Waals surface area (Å²) in [5.74, 6) is 0. The summed E-state index contributed by atoms with van der Waals surface area (Å²) >= 11 is 0. The van der Waals surface area contributed by atoms with Gasteiger partial charge in [0.1, 0.15) is 0 Å². The highest BCUT2D eigenvalue weighted by Crippen LogP contribution is 2.16. The van der Waals surface area contributed by atoms with Gasteiger partial charge in [0.15, 0.2) is 0 Å². The molecule has 0 radical (unpaired) electrons. The van der Waals surface area contributed by atoms with Crippen molar-refractivity contribution in [1.82, 2.24) is 0 Å². The van der Waals surface area contributed by atoms with Crippen molar-refractivity contribution in [2.75, 3.05) is 13.2 Å². The highest BCUT2D eigenvalue weighted by Gasteiger charge is 2.14. The zero-order valence-corrected chi connectivity index (χ0v) is 7.79. The van der Waals surface area contributed by atoms with E-state index in [2.05, 4.69) is 0 Å². The maximum atomic E-state index is 5.49. The van der Waals surface area contributed by atoms with E-state index in [0.717, 1.165) is 26.1 Å². The van der Waals surface area contributed by atoms with Crippen molar-refractivity contribution in [3.63, 3.8) is 0 Å². The zero-order chi connectivity index (χ0) is 8.65. The van der Waals surface area contributed by atoms with Crippen molar-refractivity contribution in [1.29, 1.82) is 0 Å². The van der Waals surface area contributed by atoms with E-state index in [0.29, 0.717) is 6.10 Å². The zero-order valence-electron chi connectivity index (χ0n) is 7.79. The van der Waals surface area contributed by atoms with Gasteiger partial charge < -0.3 is 9.47 Å². The van der Waals surface area contributed by atoms with Crippen LogP contribution < -0.4 is 0 Å². The second-order valence-electron chi connectivity index (χ2n) is 3.12. The summed E-state index contributed by atoms with van der Waals surface area (Å²) in [5, 5.41) is 0. The van der Waals surface area contributed by atoms with E-state index >= 15 is 0 Å². The van der Waals surface area contributed by atoms with Gasteiger partial charge in [-0.05, 0) is 32.6 Å². The summed E-state index contributed by atoms with van der Waals surface area (Å²) < 4.78 is 10.7. The molecule has 2 nitrogen and oxygen atoms in total. The van der Waals surface area contributed by atoms with Crippen LogP contribution in [0.5, 0.6) is 0 Å². The Morgan fingerprint density at radius 1 is 1.58 bits per heavy atom. The third kappa shape index (κ3) is 3.77. The third-order valence-electron chi connectivity index (χ3n) is 2.04. The fraction of sp³-hybridized carbons (Fsp3) is 0.800. The molecule has 0 amide bonds. The first-order valence-electron chi connectivity index (χ1n) is 4.78. The molecule has 1 saturated heterocycles. The van der Waals surface area contributed by atoms with Crippen molar-refractivity contribution in [3.8, 4) is 0 Å². The quantitative estimate of drug-likeness (QED) is 0.466. The topological polar surface area (TPSA) is 18.5 Å². The van der Waals surface area contributed by atoms with Gasteiger partial charge >= 0.3 is 0 Å². The average Bonchev–Trinajstić information content (AvgIpc) is 2.57. The van der Waals surface area contributed by atoms with Gasteiger partial charge in [-0.1, -0.05) is 6.08 Å². The van der Waals surface area contributed by atoms with Crippen molar-refractivity contribution in [3.05, 3.63) is 12.3 Å². The SMILES string of the molecule is C/C=C/OCCCC1CCCO1. The molecular weight excluding hydrogens is 152 g/mol. The van der Waals surface area contributed by atoms with E-state index in [1.807, 2.05) is 13.0 Å². The predicted molar refractivity (Wildman–Crippen MR) is 49.0 cm³/mol. The molecule has 1 aliphatic rings. The minimum Gasteiger partial charge on any atom is -0.502 e. The second kappa shape index (κ2) is 6.06. The molecule has 0 spiro atoms. The lowest BCUT2D eigenvalue weighted by molar-refractivity contribution is 0.0955. The lowest BCUT2D eigenvalue weighted by Crippen LogP contribution is -2.05. The van der Waals surface area contributed by atoms with Crippen LogP contribution in [0.1, 0.15) is 32.6 Å². The van der Waals surface area contributed by atoms with Crippen molar-refractivity contribution >= 4 is 0 Å². The monoisotopic (exact) mass is 170 g/mol. The molecule has 0 aromatic carbocycles. The summed E-state index contributed by atoms with van der Waals surface area (Å²) in [6.07, 6.45) is 8.90. The highest BCUT2D eigenvalue weighted by atomic mass is 16.5. The Hall–Kier alpha value is -0.500. The fourth-order valence-corrected chi connectivity index (χ4v) is 1.43. The average molecular weight is 170 g/mol. The molecule has 12 heavy (non-hydrogen) atoms. The minimum atomic E-state index is 0.513. The van der Waals surface area contributed by atoms with Gasteiger partial charge in [0.05, 0.1) is 19.0 Å². The molecular formula is C10H18O2. The third-order valence-corrected chi connectivity index (χ3v) is 2.04. The van der Waals surface area contributed by atoms with E-state index in [4.69, 9.17) is 9.47 Å². The van der Waals surface area contributed by atoms with Crippen LogP contribution in [0.4, 0.5) is 0 Å². The van der Waals surface area contributed by atoms with Gasteiger partial charge in [0, 0.05) is 6.61 Å². The molecule has 1 heterocycles. The van der Waals surface area contributed by atoms with Crippen LogP contribution >= 0.6 is 0 Å². The molecule has 70 valence electrons. The van der Waals surface area contributed by atoms with Crippen LogP contribution in [0.15, 0.2) is 12.3 Å². The number of hydrogen-bond donors (Lipinski definition) is 0. The molecule has 2 heteroatoms. The molecule has 0 bridgehead atoms. The minimum absolute atomic E-state index is 0.513. The number of allylic oxidation sites excluding steroid dienone is 1. The second-order valence-corrected chi connectivity index (χ2v) is 3.12. The Bertz CT molecular complexity index is 126. The van der Waals surface area contributed by atoms with Crippen LogP contribution in [0, 0.1) is 0 Å². The van der Waals surface area contributed by atoms with E-state index in [1.165, 1.54) is 12.8 Å². The lowest BCUT2D eigenvalue weighted by Gasteiger charge is -2.07. The van der Waals surface area contributed by atoms with Crippen LogP contribution in [-0.2, 0) is 9.47 Å². The largest absolute Gasteiger partial charge is 0.502 e. The summed E-state index contributed by atoms with van der Waals surface area (Å²) in [4.78, 5) is 0. The first kappa shape index (κ1) is 9.59. The molecule has 0 aromatic rings. The summed E-state index contributed by atoms with van der Waals surface area (Å²) in [7, 11) is 0. The number of hydrogen-bond acceptors (Lipinski definition) is 2. The predicted octanol–water partition coefficient (Wildman–Crippen LogP) is 2.50. The van der Waals surface area contributed by atoms with E-state index < -0.39 is 0 Å². The molecule has 0 aromatic heterocycles. The lowest BCUT2D eigenvalue weighted by atomic mass is 10.1. The normalized spacial score (nSPS) is 23.6. The van der Waals surface area contributed by atoms with Gasteiger partial charge in [-0.15, -0.1) is 0 Å². The highest BCUT2D eigenvalue weighted by molar-refractivity contribution is 4.67. The molecule has 0 aliphatic carbocycles. The molecule has 1 fully saturated rings. The van der Waals surface area contributed by atoms with Gasteiger partial charge in [0.25, 0.3) is 0 Å². The smallest absolute Gasteiger partial charge is 0.0874 e. The standard InChI is InChI=1S/C10H18O2/c1-2-7-11-8-3-5-10-6-4-9-12-10/h2,7,10H,3-6,8-9H2,1H3/b7-2+. The van der Waals surface area contributed by atoms with Crippen molar-refractivity contribution in [2.45, 2.75) is 38.7 Å². The van der Waals surface area contributed by atoms with Crippen LogP contribution in [-0.4, -0.2) is 19.3 Å². The summed E-state index contributed by atoms with van der Waals surface area (Å²) in [5.41, 5.74) is 0. The molecule has 1 aliphatic heterocycles. The van der Waals surface area contributed by atoms with E-state index in [9.17, 15) is 0 Å². The Morgan fingerprint density at radius 2 is 2.50 bits per heavy atom. The van der Waals surface area contributed by atoms with Crippen molar-refractivity contribution < 1.29 is 9.47 Å². The number of ether oxygens (including phenoxy) is 2. The molecule has 1 rings (SSSR count). The van der Waals surface area contributed by atoms with Gasteiger partial charge in [-0.25, -0.2) is 0 Å². The van der Waals surface area contributed by atoms with Gasteiger partial charge in [-0.3, -0.25) is 0 Å². The first-order valence-corrected chi connectivity index (χ1v) is 4.78. The number of rotatable bonds is 5. The van der Waals surface area contributed by atoms with E-state index in [-0.39, 0.29) is 0 Å². The fourth-order valence-electron chi connectivity index (χ4n) is 1.43. The first-order chi connectivity index (χ1) is 5.93.